The molecule has 0 aliphatic carbocycles. The maximum Gasteiger partial charge on any atom is 0.276 e. The average molecular weight is 195 g/mol. The van der Waals surface area contributed by atoms with Crippen molar-refractivity contribution in [2.75, 3.05) is 0 Å². The molecule has 13 heavy (non-hydrogen) atoms. The van der Waals surface area contributed by atoms with Gasteiger partial charge in [-0.25, -0.2) is 0 Å². The van der Waals surface area contributed by atoms with Gasteiger partial charge in [-0.2, -0.15) is 0 Å². The molecule has 2 N–H and O–H groups in total. The molecule has 1 aromatic heterocycles. The quantitative estimate of drug-likeness (QED) is 0.575. The minimum atomic E-state index is 0.961. The fourth-order valence-corrected chi connectivity index (χ4v) is 1.29. The highest BCUT2D eigenvalue weighted by molar-refractivity contribution is 8.21. The van der Waals surface area contributed by atoms with Gasteiger partial charge in [0.2, 0.25) is 0 Å². The number of nitrogens with two attached hydrogens (primary N) is 1. The summed E-state index contributed by atoms with van der Waals surface area (Å²) in [6, 6.07) is 2.09. The minimum absolute atomic E-state index is 0.961. The second-order valence-corrected chi connectivity index (χ2v) is 2.98. The zero-order valence-electron chi connectivity index (χ0n) is 8.66. The van der Waals surface area contributed by atoms with Gasteiger partial charge in [-0.05, 0) is 25.0 Å². The fraction of sp³-hybridized carbons (Fsp3) is 0.444. The summed E-state index contributed by atoms with van der Waals surface area (Å²) in [7, 11) is 0. The topological polar surface area (TPSA) is 38.9 Å². The van der Waals surface area contributed by atoms with Gasteiger partial charge in [0.1, 0.15) is 0 Å². The molecule has 0 aliphatic heterocycles. The van der Waals surface area contributed by atoms with Gasteiger partial charge in [-0.15, -0.1) is 11.8 Å². The molecular weight excluding hydrogens is 179 g/mol. The second kappa shape index (κ2) is 6.98. The molecule has 0 unspecified atom stereocenters. The van der Waals surface area contributed by atoms with Crippen LogP contribution in [0.2, 0.25) is 0 Å². The molecule has 2 nitrogen and oxygen atoms in total. The van der Waals surface area contributed by atoms with E-state index in [0.29, 0.717) is 0 Å². The van der Waals surface area contributed by atoms with E-state index in [0.717, 1.165) is 5.59 Å². The Hall–Kier alpha value is -0.475. The first-order valence-corrected chi connectivity index (χ1v) is 5.30. The van der Waals surface area contributed by atoms with Gasteiger partial charge < -0.3 is 0 Å². The van der Waals surface area contributed by atoms with Crippen LogP contribution in [-0.2, 0) is 0 Å². The van der Waals surface area contributed by atoms with Gasteiger partial charge in [0.15, 0.2) is 0 Å². The van der Waals surface area contributed by atoms with Crippen molar-refractivity contribution in [2.45, 2.75) is 27.7 Å². The van der Waals surface area contributed by atoms with Crippen LogP contribution in [0, 0.1) is 13.8 Å². The first kappa shape index (κ1) is 12.5. The Labute approximate surface area is 85.6 Å². The number of pyridine rings is 1. The second-order valence-electron chi connectivity index (χ2n) is 2.47. The first-order chi connectivity index (χ1) is 6.24. The lowest BCUT2D eigenvalue weighted by Crippen LogP contribution is -2.20. The summed E-state index contributed by atoms with van der Waals surface area (Å²) in [5, 5.41) is 5.29. The predicted octanol–water partition coefficient (Wildman–Crippen LogP) is 1.58. The Balaban J connectivity index is 0.000000671. The summed E-state index contributed by atoms with van der Waals surface area (Å²) in [4.78, 5) is 4.21. The zero-order valence-corrected chi connectivity index (χ0v) is 9.48. The summed E-state index contributed by atoms with van der Waals surface area (Å²) in [6.45, 7) is 9.90. The molecule has 4 heteroatoms. The van der Waals surface area contributed by atoms with E-state index in [4.69, 9.17) is 5.14 Å². The molecule has 0 bridgehead atoms. The van der Waals surface area contributed by atoms with Crippen LogP contribution in [0.15, 0.2) is 12.3 Å². The lowest BCUT2D eigenvalue weighted by molar-refractivity contribution is 1.27. The highest BCUT2D eigenvalue weighted by atomic mass is 32.2. The van der Waals surface area contributed by atoms with Crippen molar-refractivity contribution in [3.63, 3.8) is 0 Å². The lowest BCUT2D eigenvalue weighted by Gasteiger charge is -2.01. The Morgan fingerprint density at radius 1 is 1.38 bits per heavy atom. The molecule has 0 saturated heterocycles. The van der Waals surface area contributed by atoms with Crippen LogP contribution in [0.25, 0.3) is 0 Å². The van der Waals surface area contributed by atoms with Gasteiger partial charge in [-0.3, -0.25) is 10.1 Å². The van der Waals surface area contributed by atoms with Crippen molar-refractivity contribution in [1.82, 2.24) is 4.98 Å². The molecule has 0 atom stereocenters. The molecule has 71 valence electrons. The predicted molar refractivity (Wildman–Crippen MR) is 62.2 cm³/mol. The monoisotopic (exact) mass is 195 g/mol. The number of aromatic nitrogens is 1. The Bertz CT molecular complexity index is 253. The highest BCUT2D eigenvalue weighted by Gasteiger charge is 2.00. The maximum absolute atomic E-state index is 5.29. The van der Waals surface area contributed by atoms with E-state index in [1.165, 1.54) is 22.9 Å². The van der Waals surface area contributed by atoms with E-state index >= 15 is 0 Å². The third-order valence-electron chi connectivity index (χ3n) is 1.44. The van der Waals surface area contributed by atoms with Crippen molar-refractivity contribution in [3.05, 3.63) is 23.4 Å². The van der Waals surface area contributed by atoms with Crippen molar-refractivity contribution < 1.29 is 0 Å². The Morgan fingerprint density at radius 3 is 2.46 bits per heavy atom. The molecule has 0 aromatic carbocycles. The molecule has 0 spiro atoms. The van der Waals surface area contributed by atoms with Crippen molar-refractivity contribution >= 4 is 24.0 Å². The van der Waals surface area contributed by atoms with E-state index in [2.05, 4.69) is 11.1 Å². The molecule has 0 saturated carbocycles. The van der Waals surface area contributed by atoms with Crippen LogP contribution in [0.4, 0.5) is 0 Å². The molecular formula is C9H16BN2S. The third-order valence-corrected chi connectivity index (χ3v) is 1.79. The number of hydrogen-bond donors (Lipinski definition) is 1. The third kappa shape index (κ3) is 4.34. The van der Waals surface area contributed by atoms with E-state index in [1.807, 2.05) is 40.4 Å². The fourth-order valence-electron chi connectivity index (χ4n) is 0.914. The summed E-state index contributed by atoms with van der Waals surface area (Å²) in [5.74, 6) is 0. The standard InChI is InChI=1S/C7H10BN2S.C2H6/c1-5-3-6(2)7(8-11-9)10-4-5;1-2/h3-4H,9H2,1-2H3;1-2H3. The number of hydrogen-bond acceptors (Lipinski definition) is 3. The maximum atomic E-state index is 5.29. The number of aryl methyl sites for hydroxylation is 2. The molecule has 1 aromatic rings. The first-order valence-electron chi connectivity index (χ1n) is 4.36. The zero-order chi connectivity index (χ0) is 10.3. The van der Waals surface area contributed by atoms with Crippen LogP contribution in [0.1, 0.15) is 25.0 Å². The minimum Gasteiger partial charge on any atom is -0.287 e. The lowest BCUT2D eigenvalue weighted by atomic mass is 9.96. The Kier molecular flexibility index (Phi) is 6.72. The number of rotatable bonds is 2. The van der Waals surface area contributed by atoms with E-state index in [9.17, 15) is 0 Å². The Morgan fingerprint density at radius 2 is 2.00 bits per heavy atom. The van der Waals surface area contributed by atoms with Crippen molar-refractivity contribution in [1.29, 1.82) is 0 Å². The van der Waals surface area contributed by atoms with E-state index in [-0.39, 0.29) is 0 Å². The SMILES string of the molecule is CC.Cc1cnc([B]SN)c(C)c1. The van der Waals surface area contributed by atoms with Gasteiger partial charge >= 0.3 is 0 Å². The normalized spacial score (nSPS) is 8.69. The van der Waals surface area contributed by atoms with E-state index in [1.54, 1.807) is 0 Å². The average Bonchev–Trinajstić information content (AvgIpc) is 2.14. The largest absolute Gasteiger partial charge is 0.287 e. The van der Waals surface area contributed by atoms with Crippen LogP contribution >= 0.6 is 11.8 Å². The molecule has 1 rings (SSSR count). The van der Waals surface area contributed by atoms with Crippen LogP contribution in [0.5, 0.6) is 0 Å². The van der Waals surface area contributed by atoms with Gasteiger partial charge in [0.25, 0.3) is 6.56 Å². The summed E-state index contributed by atoms with van der Waals surface area (Å²) < 4.78 is 0. The molecule has 0 fully saturated rings. The number of nitrogens with zero attached hydrogens (tertiary/aromatic N) is 1. The summed E-state index contributed by atoms with van der Waals surface area (Å²) >= 11 is 1.19. The van der Waals surface area contributed by atoms with Gasteiger partial charge in [-0.1, -0.05) is 19.9 Å². The van der Waals surface area contributed by atoms with E-state index < -0.39 is 0 Å². The van der Waals surface area contributed by atoms with Gasteiger partial charge in [0, 0.05) is 11.8 Å². The molecule has 0 aliphatic rings. The van der Waals surface area contributed by atoms with Crippen molar-refractivity contribution in [2.24, 2.45) is 5.14 Å². The van der Waals surface area contributed by atoms with Crippen molar-refractivity contribution in [3.8, 4) is 0 Å². The summed E-state index contributed by atoms with van der Waals surface area (Å²) in [5.41, 5.74) is 3.31. The smallest absolute Gasteiger partial charge is 0.276 e. The van der Waals surface area contributed by atoms with Gasteiger partial charge in [0.05, 0.1) is 0 Å². The summed E-state index contributed by atoms with van der Waals surface area (Å²) in [6.07, 6.45) is 1.84. The highest BCUT2D eigenvalue weighted by Crippen LogP contribution is 1.97. The molecule has 1 heterocycles. The van der Waals surface area contributed by atoms with Crippen LogP contribution in [0.3, 0.4) is 0 Å². The van der Waals surface area contributed by atoms with Crippen LogP contribution in [-0.4, -0.2) is 11.5 Å². The van der Waals surface area contributed by atoms with Crippen LogP contribution < -0.4 is 10.7 Å². The molecule has 1 radical (unpaired) electrons. The molecule has 0 amide bonds.